The highest BCUT2D eigenvalue weighted by Crippen LogP contribution is 2.21. The third-order valence-electron chi connectivity index (χ3n) is 14.0. The van der Waals surface area contributed by atoms with E-state index in [4.69, 9.17) is 17.2 Å². The van der Waals surface area contributed by atoms with Crippen LogP contribution in [0.3, 0.4) is 0 Å². The zero-order valence-corrected chi connectivity index (χ0v) is 48.8. The van der Waals surface area contributed by atoms with E-state index < -0.39 is 133 Å². The summed E-state index contributed by atoms with van der Waals surface area (Å²) in [5, 5.41) is 32.8. The largest absolute Gasteiger partial charge is 0.481 e. The number of carbonyl (C=O) groups excluding carboxylic acids is 10. The van der Waals surface area contributed by atoms with E-state index in [1.165, 1.54) is 12.5 Å². The second-order valence-electron chi connectivity index (χ2n) is 20.4. The molecule has 0 aliphatic carbocycles. The molecular weight excluding hydrogens is 1150 g/mol. The number of primary amides is 1. The number of nitrogens with two attached hydrogens (primary N) is 3. The highest BCUT2D eigenvalue weighted by atomic mass is 32.1. The molecule has 1 fully saturated rings. The normalized spacial score (nSPS) is 15.4. The number of imidazole rings is 1. The molecule has 3 heterocycles. The first kappa shape index (κ1) is 66.0. The van der Waals surface area contributed by atoms with Crippen molar-refractivity contribution >= 4 is 118 Å². The third-order valence-corrected chi connectivity index (χ3v) is 14.8. The first-order valence-corrected chi connectivity index (χ1v) is 29.0. The van der Waals surface area contributed by atoms with Gasteiger partial charge in [-0.05, 0) is 53.6 Å². The molecule has 0 radical (unpaired) electrons. The van der Waals surface area contributed by atoms with Crippen molar-refractivity contribution in [2.24, 2.45) is 22.2 Å². The molecule has 460 valence electrons. The van der Waals surface area contributed by atoms with Gasteiger partial charge in [0.15, 0.2) is 5.96 Å². The van der Waals surface area contributed by atoms with E-state index in [0.717, 1.165) is 28.1 Å². The van der Waals surface area contributed by atoms with Crippen LogP contribution < -0.4 is 59.7 Å². The number of nitrogens with zero attached hydrogens (tertiary/aromatic N) is 3. The summed E-state index contributed by atoms with van der Waals surface area (Å²) in [4.78, 5) is 164. The van der Waals surface area contributed by atoms with E-state index in [0.29, 0.717) is 34.6 Å². The van der Waals surface area contributed by atoms with Gasteiger partial charge in [0, 0.05) is 72.7 Å². The number of hydrogen-bond donors (Lipinski definition) is 16. The second kappa shape index (κ2) is 32.2. The maximum absolute atomic E-state index is 15.0. The summed E-state index contributed by atoms with van der Waals surface area (Å²) >= 11 is 8.35. The molecule has 86 heavy (non-hydrogen) atoms. The third kappa shape index (κ3) is 19.2. The number of aromatic amines is 2. The summed E-state index contributed by atoms with van der Waals surface area (Å²) in [5.74, 6) is -10.1. The van der Waals surface area contributed by atoms with E-state index >= 15 is 0 Å². The zero-order valence-electron chi connectivity index (χ0n) is 47.0. The maximum Gasteiger partial charge on any atom is 0.325 e. The van der Waals surface area contributed by atoms with Crippen LogP contribution in [-0.2, 0) is 67.2 Å². The predicted octanol–water partition coefficient (Wildman–Crippen LogP) is -1.16. The summed E-state index contributed by atoms with van der Waals surface area (Å²) in [6.45, 7) is 1.18. The molecule has 1 aliphatic heterocycles. The van der Waals surface area contributed by atoms with Crippen LogP contribution in [0.5, 0.6) is 0 Å². The number of aromatic nitrogens is 3. The van der Waals surface area contributed by atoms with Gasteiger partial charge in [-0.2, -0.15) is 25.3 Å². The molecule has 1 saturated heterocycles. The van der Waals surface area contributed by atoms with Gasteiger partial charge in [-0.25, -0.2) is 9.78 Å². The molecule has 0 bridgehead atoms. The van der Waals surface area contributed by atoms with Crippen LogP contribution in [0.1, 0.15) is 68.7 Å². The molecule has 0 unspecified atom stereocenters. The Balaban J connectivity index is 1.27. The maximum atomic E-state index is 15.0. The summed E-state index contributed by atoms with van der Waals surface area (Å²) in [5.41, 5.74) is 19.0. The number of H-pyrrole nitrogens is 2. The Bertz CT molecular complexity index is 3280. The van der Waals surface area contributed by atoms with Gasteiger partial charge in [0.25, 0.3) is 5.91 Å². The van der Waals surface area contributed by atoms with Gasteiger partial charge in [-0.3, -0.25) is 57.8 Å². The standard InChI is InChI=1S/C56H72N16O12S2/c1-2-3-12-39-54(83)72(56(84)71-39)26-45(73)64-44(28-86)53(82)66-38(17-18-46(74)75)49(78)69-42(23-34-25-60-29-63-34)52(81)67-40(21-30-15-16-31-9-4-5-10-32(31)20-30)50(79)65-37(14-8-19-61-55(58)59)48(77)68-41(51(80)70-43(27-85)47(57)76)22-33-24-62-36-13-7-6-11-35(33)36/h4-7,9-11,13,15-16,20,24-25,29,37-44,62,85-86H,2-3,8,12,14,17-19,21-23,26-28H2,1H3,(H2,57,76)(H,60,63)(H,64,73)(H,65,79)(H,66,82)(H,67,81)(H,68,77)(H,69,78)(H,70,80)(H,71,84)(H,74,75)(H4,58,59,61)/t37-,38-,39-,40+,41-,42-,43-,44-/m0/s1. The average molecular weight is 1230 g/mol. The van der Waals surface area contributed by atoms with Gasteiger partial charge < -0.3 is 74.8 Å². The van der Waals surface area contributed by atoms with Crippen LogP contribution >= 0.6 is 25.3 Å². The molecule has 17 N–H and O–H groups in total. The number of fused-ring (bicyclic) bond motifs is 2. The number of hydrogen-bond acceptors (Lipinski definition) is 15. The smallest absolute Gasteiger partial charge is 0.325 e. The molecular formula is C56H72N16O12S2. The van der Waals surface area contributed by atoms with Gasteiger partial charge in [0.1, 0.15) is 54.9 Å². The van der Waals surface area contributed by atoms with E-state index in [-0.39, 0.29) is 56.1 Å². The van der Waals surface area contributed by atoms with Crippen molar-refractivity contribution < 1.29 is 57.8 Å². The fourth-order valence-electron chi connectivity index (χ4n) is 9.42. The lowest BCUT2D eigenvalue weighted by Gasteiger charge is -2.28. The van der Waals surface area contributed by atoms with Crippen LogP contribution in [0.25, 0.3) is 21.7 Å². The number of carboxylic acids is 1. The molecule has 3 aromatic carbocycles. The lowest BCUT2D eigenvalue weighted by Crippen LogP contribution is -2.61. The van der Waals surface area contributed by atoms with Crippen molar-refractivity contribution in [1.82, 2.24) is 62.4 Å². The number of unbranched alkanes of at least 4 members (excludes halogenated alkanes) is 1. The molecule has 8 atom stereocenters. The highest BCUT2D eigenvalue weighted by Gasteiger charge is 2.40. The van der Waals surface area contributed by atoms with Crippen molar-refractivity contribution in [3.05, 3.63) is 102 Å². The number of urea groups is 1. The fourth-order valence-corrected chi connectivity index (χ4v) is 9.95. The second-order valence-corrected chi connectivity index (χ2v) is 21.2. The average Bonchev–Trinajstić information content (AvgIpc) is 4.35. The van der Waals surface area contributed by atoms with Gasteiger partial charge >= 0.3 is 12.0 Å². The molecule has 6 rings (SSSR count). The Labute approximate surface area is 504 Å². The van der Waals surface area contributed by atoms with Gasteiger partial charge in [0.05, 0.1) is 6.33 Å². The molecule has 30 heteroatoms. The van der Waals surface area contributed by atoms with Gasteiger partial charge in [-0.15, -0.1) is 0 Å². The zero-order chi connectivity index (χ0) is 62.5. The lowest BCUT2D eigenvalue weighted by atomic mass is 9.99. The Morgan fingerprint density at radius 3 is 1.87 bits per heavy atom. The topological polar surface area (TPSA) is 442 Å². The number of amides is 11. The SMILES string of the molecule is CCCC[C@@H]1NC(=O)N(CC(=O)N[C@@H](CS)C(=O)N[C@@H](CCC(=O)O)C(=O)N[C@@H](Cc2cnc[nH]2)C(=O)N[C@H](Cc2ccc3ccccc3c2)C(=O)N[C@@H](CCCN=C(N)N)C(=O)N[C@@H](Cc2c[nH]c3ccccc23)C(=O)N[C@@H](CS)C(N)=O)C1=O. The van der Waals surface area contributed by atoms with Crippen LogP contribution in [-0.4, -0.2) is 169 Å². The summed E-state index contributed by atoms with van der Waals surface area (Å²) in [6.07, 6.45) is 4.28. The summed E-state index contributed by atoms with van der Waals surface area (Å²) in [6, 6.07) is 8.04. The number of thiol groups is 2. The molecule has 11 amide bonds. The van der Waals surface area contributed by atoms with Crippen molar-refractivity contribution in [2.75, 3.05) is 24.6 Å². The van der Waals surface area contributed by atoms with Crippen LogP contribution in [0.4, 0.5) is 4.79 Å². The number of benzene rings is 3. The number of carboxylic acid groups (broad SMARTS) is 1. The Morgan fingerprint density at radius 2 is 1.26 bits per heavy atom. The van der Waals surface area contributed by atoms with Crippen molar-refractivity contribution in [1.29, 1.82) is 0 Å². The fraction of sp³-hybridized carbons (Fsp3) is 0.411. The summed E-state index contributed by atoms with van der Waals surface area (Å²) in [7, 11) is 0. The molecule has 5 aromatic rings. The van der Waals surface area contributed by atoms with Gasteiger partial charge in [-0.1, -0.05) is 80.4 Å². The number of aliphatic imine (C=N–C) groups is 1. The van der Waals surface area contributed by atoms with E-state index in [1.807, 2.05) is 55.5 Å². The number of carbonyl (C=O) groups is 11. The first-order valence-electron chi connectivity index (χ1n) is 27.7. The first-order chi connectivity index (χ1) is 41.2. The molecule has 0 spiro atoms. The molecule has 0 saturated carbocycles. The number of guanidine groups is 1. The number of aliphatic carboxylic acids is 1. The Morgan fingerprint density at radius 1 is 0.674 bits per heavy atom. The van der Waals surface area contributed by atoms with E-state index in [2.05, 4.69) is 87.7 Å². The van der Waals surface area contributed by atoms with Crippen molar-refractivity contribution in [3.8, 4) is 0 Å². The van der Waals surface area contributed by atoms with Crippen molar-refractivity contribution in [3.63, 3.8) is 0 Å². The number of para-hydroxylation sites is 1. The quantitative estimate of drug-likeness (QED) is 0.00760. The van der Waals surface area contributed by atoms with E-state index in [9.17, 15) is 57.8 Å². The van der Waals surface area contributed by atoms with Gasteiger partial charge in [0.2, 0.25) is 47.3 Å². The molecule has 2 aromatic heterocycles. The van der Waals surface area contributed by atoms with E-state index in [1.54, 1.807) is 24.4 Å². The summed E-state index contributed by atoms with van der Waals surface area (Å²) < 4.78 is 0. The number of imide groups is 1. The monoisotopic (exact) mass is 1220 g/mol. The minimum absolute atomic E-state index is 0.00808. The number of rotatable bonds is 34. The van der Waals surface area contributed by atoms with Crippen molar-refractivity contribution in [2.45, 2.75) is 119 Å². The van der Waals surface area contributed by atoms with Crippen LogP contribution in [0.2, 0.25) is 0 Å². The minimum Gasteiger partial charge on any atom is -0.481 e. The Kier molecular flexibility index (Phi) is 24.7. The molecule has 1 aliphatic rings. The lowest BCUT2D eigenvalue weighted by molar-refractivity contribution is -0.138. The Hall–Kier alpha value is -9.19. The highest BCUT2D eigenvalue weighted by molar-refractivity contribution is 7.80. The molecule has 28 nitrogen and oxygen atoms in total. The van der Waals surface area contributed by atoms with Crippen LogP contribution in [0, 0.1) is 0 Å². The van der Waals surface area contributed by atoms with Crippen LogP contribution in [0.15, 0.2) is 90.4 Å². The number of nitrogens with one attached hydrogen (secondary N) is 10. The minimum atomic E-state index is -1.67. The predicted molar refractivity (Wildman–Crippen MR) is 323 cm³/mol.